The van der Waals surface area contributed by atoms with Crippen molar-refractivity contribution in [3.63, 3.8) is 0 Å². The molecule has 0 radical (unpaired) electrons. The molecule has 0 aliphatic heterocycles. The monoisotopic (exact) mass is 323 g/mol. The molecule has 21 heavy (non-hydrogen) atoms. The minimum absolute atomic E-state index is 0.230. The molecule has 0 spiro atoms. The molecule has 0 fully saturated rings. The fraction of sp³-hybridized carbons (Fsp3) is 0.200. The molecule has 1 aromatic carbocycles. The molecule has 1 aromatic heterocycles. The average Bonchev–Trinajstić information content (AvgIpc) is 2.49. The highest BCUT2D eigenvalue weighted by molar-refractivity contribution is 6.33. The van der Waals surface area contributed by atoms with E-state index in [1.165, 1.54) is 0 Å². The van der Waals surface area contributed by atoms with E-state index in [4.69, 9.17) is 23.2 Å². The molecule has 0 aliphatic rings. The van der Waals surface area contributed by atoms with Crippen molar-refractivity contribution in [2.75, 3.05) is 19.4 Å². The molecule has 1 amide bonds. The van der Waals surface area contributed by atoms with E-state index in [1.807, 2.05) is 12.1 Å². The summed E-state index contributed by atoms with van der Waals surface area (Å²) < 4.78 is 0. The summed E-state index contributed by atoms with van der Waals surface area (Å²) in [5.74, 6) is 0.370. The van der Waals surface area contributed by atoms with Crippen molar-refractivity contribution in [1.82, 2.24) is 9.88 Å². The minimum atomic E-state index is -0.230. The largest absolute Gasteiger partial charge is 0.373 e. The van der Waals surface area contributed by atoms with E-state index in [0.717, 1.165) is 5.56 Å². The van der Waals surface area contributed by atoms with Crippen LogP contribution in [0.15, 0.2) is 36.4 Å². The number of halogens is 2. The van der Waals surface area contributed by atoms with Crippen molar-refractivity contribution >= 4 is 34.9 Å². The first-order chi connectivity index (χ1) is 10.0. The van der Waals surface area contributed by atoms with Gasteiger partial charge in [0.1, 0.15) is 11.5 Å². The molecule has 4 nitrogen and oxygen atoms in total. The van der Waals surface area contributed by atoms with Gasteiger partial charge in [0.25, 0.3) is 5.91 Å². The Balaban J connectivity index is 2.17. The Kier molecular flexibility index (Phi) is 5.04. The molecule has 0 saturated carbocycles. The molecule has 6 heteroatoms. The van der Waals surface area contributed by atoms with E-state index in [9.17, 15) is 4.79 Å². The average molecular weight is 324 g/mol. The Bertz CT molecular complexity index is 644. The zero-order chi connectivity index (χ0) is 15.4. The topological polar surface area (TPSA) is 45.2 Å². The van der Waals surface area contributed by atoms with Gasteiger partial charge in [-0.1, -0.05) is 35.3 Å². The Morgan fingerprint density at radius 3 is 2.48 bits per heavy atom. The molecule has 1 N–H and O–H groups in total. The second kappa shape index (κ2) is 6.78. The zero-order valence-electron chi connectivity index (χ0n) is 11.7. The summed E-state index contributed by atoms with van der Waals surface area (Å²) >= 11 is 11.9. The Hall–Kier alpha value is -1.78. The molecule has 0 saturated heterocycles. The molecule has 0 aliphatic carbocycles. The number of carbonyl (C=O) groups is 1. The summed E-state index contributed by atoms with van der Waals surface area (Å²) in [5.41, 5.74) is 1.22. The SMILES string of the molecule is CNc1ccc(Cl)c(C(=O)N(C)Cc2ccc(Cl)cc2)n1. The maximum absolute atomic E-state index is 12.4. The number of nitrogens with zero attached hydrogens (tertiary/aromatic N) is 2. The highest BCUT2D eigenvalue weighted by Crippen LogP contribution is 2.19. The molecule has 2 rings (SSSR count). The Morgan fingerprint density at radius 2 is 1.86 bits per heavy atom. The smallest absolute Gasteiger partial charge is 0.274 e. The lowest BCUT2D eigenvalue weighted by Gasteiger charge is -2.18. The summed E-state index contributed by atoms with van der Waals surface area (Å²) in [5, 5.41) is 3.89. The van der Waals surface area contributed by atoms with Gasteiger partial charge in [-0.05, 0) is 29.8 Å². The predicted molar refractivity (Wildman–Crippen MR) is 86.0 cm³/mol. The van der Waals surface area contributed by atoms with Crippen LogP contribution in [-0.2, 0) is 6.54 Å². The quantitative estimate of drug-likeness (QED) is 0.933. The third-order valence-corrected chi connectivity index (χ3v) is 3.54. The first-order valence-electron chi connectivity index (χ1n) is 6.35. The number of pyridine rings is 1. The summed E-state index contributed by atoms with van der Waals surface area (Å²) in [7, 11) is 3.45. The Morgan fingerprint density at radius 1 is 1.19 bits per heavy atom. The van der Waals surface area contributed by atoms with Crippen LogP contribution >= 0.6 is 23.2 Å². The van der Waals surface area contributed by atoms with Crippen LogP contribution < -0.4 is 5.32 Å². The number of amides is 1. The highest BCUT2D eigenvalue weighted by atomic mass is 35.5. The number of carbonyl (C=O) groups excluding carboxylic acids is 1. The van der Waals surface area contributed by atoms with E-state index >= 15 is 0 Å². The molecule has 0 atom stereocenters. The van der Waals surface area contributed by atoms with Gasteiger partial charge >= 0.3 is 0 Å². The molecule has 0 bridgehead atoms. The van der Waals surface area contributed by atoms with Crippen LogP contribution in [0, 0.1) is 0 Å². The lowest BCUT2D eigenvalue weighted by Crippen LogP contribution is -2.27. The maximum atomic E-state index is 12.4. The van der Waals surface area contributed by atoms with Gasteiger partial charge in [-0.15, -0.1) is 0 Å². The number of benzene rings is 1. The lowest BCUT2D eigenvalue weighted by molar-refractivity contribution is 0.0779. The normalized spacial score (nSPS) is 10.3. The van der Waals surface area contributed by atoms with Crippen LogP contribution in [-0.4, -0.2) is 29.9 Å². The van der Waals surface area contributed by atoms with Crippen LogP contribution in [0.4, 0.5) is 5.82 Å². The molecular formula is C15H15Cl2N3O. The number of aromatic nitrogens is 1. The van der Waals surface area contributed by atoms with Crippen LogP contribution in [0.1, 0.15) is 16.1 Å². The zero-order valence-corrected chi connectivity index (χ0v) is 13.2. The summed E-state index contributed by atoms with van der Waals surface area (Å²) in [4.78, 5) is 18.2. The Labute approximate surface area is 133 Å². The lowest BCUT2D eigenvalue weighted by atomic mass is 10.2. The van der Waals surface area contributed by atoms with Gasteiger partial charge in [0, 0.05) is 25.7 Å². The van der Waals surface area contributed by atoms with Crippen molar-refractivity contribution < 1.29 is 4.79 Å². The number of nitrogens with one attached hydrogen (secondary N) is 1. The van der Waals surface area contributed by atoms with Gasteiger partial charge in [0.2, 0.25) is 0 Å². The minimum Gasteiger partial charge on any atom is -0.373 e. The van der Waals surface area contributed by atoms with E-state index in [-0.39, 0.29) is 11.6 Å². The van der Waals surface area contributed by atoms with Gasteiger partial charge in [0.05, 0.1) is 5.02 Å². The van der Waals surface area contributed by atoms with Gasteiger partial charge in [-0.3, -0.25) is 4.79 Å². The fourth-order valence-electron chi connectivity index (χ4n) is 1.85. The van der Waals surface area contributed by atoms with E-state index in [0.29, 0.717) is 22.4 Å². The first kappa shape index (κ1) is 15.6. The molecule has 2 aromatic rings. The predicted octanol–water partition coefficient (Wildman–Crippen LogP) is 3.70. The van der Waals surface area contributed by atoms with Crippen LogP contribution in [0.2, 0.25) is 10.0 Å². The fourth-order valence-corrected chi connectivity index (χ4v) is 2.16. The maximum Gasteiger partial charge on any atom is 0.274 e. The molecule has 0 unspecified atom stereocenters. The number of hydrogen-bond donors (Lipinski definition) is 1. The van der Waals surface area contributed by atoms with Crippen molar-refractivity contribution in [1.29, 1.82) is 0 Å². The highest BCUT2D eigenvalue weighted by Gasteiger charge is 2.17. The number of anilines is 1. The molecular weight excluding hydrogens is 309 g/mol. The second-order valence-electron chi connectivity index (χ2n) is 4.56. The standard InChI is InChI=1S/C15H15Cl2N3O/c1-18-13-8-7-12(17)14(19-13)15(21)20(2)9-10-3-5-11(16)6-4-10/h3-8H,9H2,1-2H3,(H,18,19). The van der Waals surface area contributed by atoms with Crippen molar-refractivity contribution in [3.05, 3.63) is 57.7 Å². The number of hydrogen-bond acceptors (Lipinski definition) is 3. The van der Waals surface area contributed by atoms with Crippen molar-refractivity contribution in [2.45, 2.75) is 6.54 Å². The van der Waals surface area contributed by atoms with E-state index in [1.54, 1.807) is 43.3 Å². The van der Waals surface area contributed by atoms with Gasteiger partial charge in [-0.2, -0.15) is 0 Å². The summed E-state index contributed by atoms with van der Waals surface area (Å²) in [6.07, 6.45) is 0. The number of rotatable bonds is 4. The van der Waals surface area contributed by atoms with Crippen molar-refractivity contribution in [2.24, 2.45) is 0 Å². The molecule has 1 heterocycles. The molecule has 110 valence electrons. The third kappa shape index (κ3) is 3.86. The van der Waals surface area contributed by atoms with E-state index in [2.05, 4.69) is 10.3 Å². The third-order valence-electron chi connectivity index (χ3n) is 2.98. The van der Waals surface area contributed by atoms with Crippen LogP contribution in [0.3, 0.4) is 0 Å². The summed E-state index contributed by atoms with van der Waals surface area (Å²) in [6, 6.07) is 10.7. The van der Waals surface area contributed by atoms with Gasteiger partial charge in [0.15, 0.2) is 0 Å². The van der Waals surface area contributed by atoms with E-state index < -0.39 is 0 Å². The van der Waals surface area contributed by atoms with Gasteiger partial charge < -0.3 is 10.2 Å². The van der Waals surface area contributed by atoms with Crippen molar-refractivity contribution in [3.8, 4) is 0 Å². The van der Waals surface area contributed by atoms with Crippen LogP contribution in [0.25, 0.3) is 0 Å². The van der Waals surface area contributed by atoms with Gasteiger partial charge in [-0.25, -0.2) is 4.98 Å². The second-order valence-corrected chi connectivity index (χ2v) is 5.41. The van der Waals surface area contributed by atoms with Crippen LogP contribution in [0.5, 0.6) is 0 Å². The first-order valence-corrected chi connectivity index (χ1v) is 7.11. The summed E-state index contributed by atoms with van der Waals surface area (Å²) in [6.45, 7) is 0.456.